The highest BCUT2D eigenvalue weighted by Gasteiger charge is 2.11. The van der Waals surface area contributed by atoms with Gasteiger partial charge < -0.3 is 15.0 Å². The van der Waals surface area contributed by atoms with Gasteiger partial charge in [-0.3, -0.25) is 0 Å². The monoisotopic (exact) mass is 256 g/mol. The first-order chi connectivity index (χ1) is 8.54. The minimum atomic E-state index is -0.427. The molecule has 1 heterocycles. The second-order valence-electron chi connectivity index (χ2n) is 4.24. The smallest absolute Gasteiger partial charge is 0.224 e. The van der Waals surface area contributed by atoms with Crippen molar-refractivity contribution >= 4 is 11.8 Å². The van der Waals surface area contributed by atoms with Crippen LogP contribution < -0.4 is 10.2 Å². The molecule has 0 bridgehead atoms. The van der Waals surface area contributed by atoms with Crippen LogP contribution in [0.2, 0.25) is 0 Å². The van der Waals surface area contributed by atoms with E-state index in [9.17, 15) is 4.39 Å². The van der Waals surface area contributed by atoms with Gasteiger partial charge in [-0.05, 0) is 20.8 Å². The lowest BCUT2D eigenvalue weighted by molar-refractivity contribution is 0.0845. The number of nitrogens with zero attached hydrogens (tertiary/aromatic N) is 3. The van der Waals surface area contributed by atoms with E-state index < -0.39 is 5.82 Å². The van der Waals surface area contributed by atoms with Crippen molar-refractivity contribution in [3.63, 3.8) is 0 Å². The Labute approximate surface area is 107 Å². The Morgan fingerprint density at radius 2 is 2.22 bits per heavy atom. The fourth-order valence-electron chi connectivity index (χ4n) is 1.40. The molecule has 0 radical (unpaired) electrons. The van der Waals surface area contributed by atoms with E-state index in [1.54, 1.807) is 11.9 Å². The Bertz CT molecular complexity index is 373. The van der Waals surface area contributed by atoms with E-state index in [1.807, 2.05) is 20.8 Å². The second kappa shape index (κ2) is 7.10. The summed E-state index contributed by atoms with van der Waals surface area (Å²) in [5.41, 5.74) is 0. The van der Waals surface area contributed by atoms with Crippen molar-refractivity contribution in [3.05, 3.63) is 12.0 Å². The van der Waals surface area contributed by atoms with Gasteiger partial charge in [0.1, 0.15) is 0 Å². The van der Waals surface area contributed by atoms with Gasteiger partial charge in [-0.15, -0.1) is 0 Å². The number of anilines is 2. The van der Waals surface area contributed by atoms with Crippen LogP contribution in [-0.4, -0.2) is 42.8 Å². The van der Waals surface area contributed by atoms with Crippen LogP contribution in [0.4, 0.5) is 16.2 Å². The summed E-state index contributed by atoms with van der Waals surface area (Å²) in [7, 11) is 1.78. The summed E-state index contributed by atoms with van der Waals surface area (Å²) >= 11 is 0. The zero-order valence-electron chi connectivity index (χ0n) is 11.4. The molecule has 0 aliphatic heterocycles. The fourth-order valence-corrected chi connectivity index (χ4v) is 1.40. The van der Waals surface area contributed by atoms with Gasteiger partial charge in [0.25, 0.3) is 0 Å². The summed E-state index contributed by atoms with van der Waals surface area (Å²) in [6.07, 6.45) is 1.35. The molecule has 1 aromatic rings. The first kappa shape index (κ1) is 14.6. The Hall–Kier alpha value is -1.43. The van der Waals surface area contributed by atoms with Gasteiger partial charge in [-0.25, -0.2) is 9.37 Å². The third-order valence-electron chi connectivity index (χ3n) is 2.30. The third-order valence-corrected chi connectivity index (χ3v) is 2.30. The number of nitrogens with one attached hydrogen (secondary N) is 1. The third kappa shape index (κ3) is 4.44. The molecule has 0 aromatic carbocycles. The maximum atomic E-state index is 13.6. The van der Waals surface area contributed by atoms with Crippen molar-refractivity contribution in [3.8, 4) is 0 Å². The highest BCUT2D eigenvalue weighted by atomic mass is 19.1. The minimum absolute atomic E-state index is 0.172. The zero-order valence-corrected chi connectivity index (χ0v) is 11.4. The molecule has 0 fully saturated rings. The van der Waals surface area contributed by atoms with Crippen LogP contribution in [0.3, 0.4) is 0 Å². The van der Waals surface area contributed by atoms with E-state index in [4.69, 9.17) is 4.74 Å². The van der Waals surface area contributed by atoms with Crippen LogP contribution in [0.5, 0.6) is 0 Å². The van der Waals surface area contributed by atoms with E-state index in [-0.39, 0.29) is 11.9 Å². The van der Waals surface area contributed by atoms with Crippen molar-refractivity contribution in [2.45, 2.75) is 26.9 Å². The lowest BCUT2D eigenvalue weighted by Gasteiger charge is -2.19. The first-order valence-corrected chi connectivity index (χ1v) is 6.13. The van der Waals surface area contributed by atoms with Gasteiger partial charge in [0, 0.05) is 20.1 Å². The van der Waals surface area contributed by atoms with Gasteiger partial charge in [0.05, 0.1) is 18.9 Å². The summed E-state index contributed by atoms with van der Waals surface area (Å²) in [4.78, 5) is 9.72. The lowest BCUT2D eigenvalue weighted by atomic mass is 10.4. The Morgan fingerprint density at radius 1 is 1.50 bits per heavy atom. The Morgan fingerprint density at radius 3 is 2.83 bits per heavy atom. The van der Waals surface area contributed by atoms with Crippen molar-refractivity contribution in [2.75, 3.05) is 37.0 Å². The quantitative estimate of drug-likeness (QED) is 0.807. The van der Waals surface area contributed by atoms with Crippen molar-refractivity contribution < 1.29 is 9.13 Å². The standard InChI is InChI=1S/C12H21FN4O/c1-5-14-12-15-8-10(13)11(16-12)17(4)6-7-18-9(2)3/h8-9H,5-7H2,1-4H3,(H,14,15,16). The van der Waals surface area contributed by atoms with Crippen LogP contribution in [0.25, 0.3) is 0 Å². The van der Waals surface area contributed by atoms with Gasteiger partial charge in [-0.1, -0.05) is 0 Å². The highest BCUT2D eigenvalue weighted by molar-refractivity contribution is 5.43. The maximum Gasteiger partial charge on any atom is 0.224 e. The van der Waals surface area contributed by atoms with E-state index in [0.29, 0.717) is 25.6 Å². The van der Waals surface area contributed by atoms with Crippen LogP contribution in [-0.2, 0) is 4.74 Å². The number of aromatic nitrogens is 2. The average Bonchev–Trinajstić information content (AvgIpc) is 2.31. The fraction of sp³-hybridized carbons (Fsp3) is 0.667. The topological polar surface area (TPSA) is 50.3 Å². The SMILES string of the molecule is CCNc1ncc(F)c(N(C)CCOC(C)C)n1. The van der Waals surface area contributed by atoms with Crippen LogP contribution >= 0.6 is 0 Å². The Kier molecular flexibility index (Phi) is 5.77. The minimum Gasteiger partial charge on any atom is -0.377 e. The van der Waals surface area contributed by atoms with Gasteiger partial charge in [-0.2, -0.15) is 4.98 Å². The molecule has 5 nitrogen and oxygen atoms in total. The number of halogens is 1. The van der Waals surface area contributed by atoms with Gasteiger partial charge in [0.15, 0.2) is 11.6 Å². The normalized spacial score (nSPS) is 10.8. The van der Waals surface area contributed by atoms with Crippen LogP contribution in [0.1, 0.15) is 20.8 Å². The molecule has 0 amide bonds. The summed E-state index contributed by atoms with van der Waals surface area (Å²) < 4.78 is 19.0. The summed E-state index contributed by atoms with van der Waals surface area (Å²) in [6, 6.07) is 0. The molecule has 0 aliphatic carbocycles. The molecule has 1 aromatic heterocycles. The number of likely N-dealkylation sites (N-methyl/N-ethyl adjacent to an activating group) is 1. The molecular formula is C12H21FN4O. The van der Waals surface area contributed by atoms with Gasteiger partial charge >= 0.3 is 0 Å². The number of hydrogen-bond acceptors (Lipinski definition) is 5. The van der Waals surface area contributed by atoms with Gasteiger partial charge in [0.2, 0.25) is 5.95 Å². The molecule has 0 atom stereocenters. The zero-order chi connectivity index (χ0) is 13.5. The summed E-state index contributed by atoms with van der Waals surface area (Å²) in [5, 5.41) is 2.96. The Balaban J connectivity index is 2.65. The van der Waals surface area contributed by atoms with E-state index in [1.165, 1.54) is 6.20 Å². The molecule has 0 unspecified atom stereocenters. The molecule has 6 heteroatoms. The number of ether oxygens (including phenoxy) is 1. The molecular weight excluding hydrogens is 235 g/mol. The van der Waals surface area contributed by atoms with Crippen molar-refractivity contribution in [1.82, 2.24) is 9.97 Å². The predicted octanol–water partition coefficient (Wildman–Crippen LogP) is 1.91. The van der Waals surface area contributed by atoms with Crippen LogP contribution in [0, 0.1) is 5.82 Å². The number of rotatable bonds is 7. The lowest BCUT2D eigenvalue weighted by Crippen LogP contribution is -2.26. The summed E-state index contributed by atoms with van der Waals surface area (Å²) in [5.74, 6) is 0.294. The molecule has 0 spiro atoms. The van der Waals surface area contributed by atoms with E-state index in [2.05, 4.69) is 15.3 Å². The summed E-state index contributed by atoms with van der Waals surface area (Å²) in [6.45, 7) is 7.69. The molecule has 18 heavy (non-hydrogen) atoms. The van der Waals surface area contributed by atoms with E-state index >= 15 is 0 Å². The second-order valence-corrected chi connectivity index (χ2v) is 4.24. The molecule has 0 saturated carbocycles. The predicted molar refractivity (Wildman–Crippen MR) is 70.5 cm³/mol. The van der Waals surface area contributed by atoms with Crippen LogP contribution in [0.15, 0.2) is 6.20 Å². The number of hydrogen-bond donors (Lipinski definition) is 1. The highest BCUT2D eigenvalue weighted by Crippen LogP contribution is 2.15. The maximum absolute atomic E-state index is 13.6. The van der Waals surface area contributed by atoms with Crippen molar-refractivity contribution in [1.29, 1.82) is 0 Å². The molecule has 1 N–H and O–H groups in total. The van der Waals surface area contributed by atoms with E-state index in [0.717, 1.165) is 0 Å². The first-order valence-electron chi connectivity index (χ1n) is 6.13. The average molecular weight is 256 g/mol. The molecule has 1 rings (SSSR count). The largest absolute Gasteiger partial charge is 0.377 e. The van der Waals surface area contributed by atoms with Crippen molar-refractivity contribution in [2.24, 2.45) is 0 Å². The molecule has 102 valence electrons. The molecule has 0 saturated heterocycles. The molecule has 0 aliphatic rings.